The Morgan fingerprint density at radius 1 is 1.35 bits per heavy atom. The van der Waals surface area contributed by atoms with Crippen molar-refractivity contribution in [2.24, 2.45) is 5.92 Å². The number of carbonyl (C=O) groups is 1. The summed E-state index contributed by atoms with van der Waals surface area (Å²) >= 11 is 0. The lowest BCUT2D eigenvalue weighted by Gasteiger charge is -2.21. The summed E-state index contributed by atoms with van der Waals surface area (Å²) in [7, 11) is 0. The summed E-state index contributed by atoms with van der Waals surface area (Å²) in [6.45, 7) is 10.0. The van der Waals surface area contributed by atoms with Crippen LogP contribution in [-0.2, 0) is 4.79 Å². The number of allylic oxidation sites excluding steroid dienone is 4. The third-order valence-corrected chi connectivity index (χ3v) is 3.83. The maximum atomic E-state index is 11.2. The Morgan fingerprint density at radius 3 is 2.55 bits per heavy atom. The van der Waals surface area contributed by atoms with Crippen LogP contribution in [0.15, 0.2) is 23.8 Å². The van der Waals surface area contributed by atoms with Crippen LogP contribution in [0.2, 0.25) is 0 Å². The first kappa shape index (κ1) is 19.1. The molecule has 2 heteroatoms. The molecule has 116 valence electrons. The SMILES string of the molecule is CCC(=O)C=C(C)C=CCC(C)CCCC(C)(O)CC. The van der Waals surface area contributed by atoms with E-state index in [2.05, 4.69) is 13.0 Å². The average Bonchev–Trinajstić information content (AvgIpc) is 2.38. The standard InChI is InChI=1S/C18H32O2/c1-6-17(19)14-16(4)11-8-10-15(3)12-9-13-18(5,20)7-2/h8,11,14-15,20H,6-7,9-10,12-13H2,1-5H3. The van der Waals surface area contributed by atoms with Gasteiger partial charge >= 0.3 is 0 Å². The van der Waals surface area contributed by atoms with Gasteiger partial charge < -0.3 is 5.11 Å². The van der Waals surface area contributed by atoms with Gasteiger partial charge in [0.1, 0.15) is 0 Å². The molecular formula is C18H32O2. The predicted molar refractivity (Wildman–Crippen MR) is 86.7 cm³/mol. The second kappa shape index (κ2) is 9.93. The molecule has 0 heterocycles. The number of ketones is 1. The van der Waals surface area contributed by atoms with Crippen molar-refractivity contribution in [3.05, 3.63) is 23.8 Å². The van der Waals surface area contributed by atoms with Crippen molar-refractivity contribution in [2.45, 2.75) is 78.7 Å². The van der Waals surface area contributed by atoms with Crippen molar-refractivity contribution in [1.82, 2.24) is 0 Å². The molecule has 2 atom stereocenters. The van der Waals surface area contributed by atoms with Crippen LogP contribution >= 0.6 is 0 Å². The molecule has 0 amide bonds. The molecule has 0 aliphatic rings. The highest BCUT2D eigenvalue weighted by molar-refractivity contribution is 5.90. The van der Waals surface area contributed by atoms with E-state index >= 15 is 0 Å². The summed E-state index contributed by atoms with van der Waals surface area (Å²) < 4.78 is 0. The molecular weight excluding hydrogens is 248 g/mol. The van der Waals surface area contributed by atoms with Gasteiger partial charge in [0.05, 0.1) is 5.60 Å². The topological polar surface area (TPSA) is 37.3 Å². The Kier molecular flexibility index (Phi) is 9.49. The minimum Gasteiger partial charge on any atom is -0.390 e. The van der Waals surface area contributed by atoms with E-state index in [1.54, 1.807) is 6.08 Å². The number of hydrogen-bond acceptors (Lipinski definition) is 2. The zero-order valence-electron chi connectivity index (χ0n) is 13.9. The van der Waals surface area contributed by atoms with E-state index in [0.717, 1.165) is 37.7 Å². The van der Waals surface area contributed by atoms with Gasteiger partial charge in [-0.1, -0.05) is 45.8 Å². The van der Waals surface area contributed by atoms with Crippen LogP contribution in [0.5, 0.6) is 0 Å². The first-order valence-electron chi connectivity index (χ1n) is 7.90. The Hall–Kier alpha value is -0.890. The Morgan fingerprint density at radius 2 is 2.00 bits per heavy atom. The maximum Gasteiger partial charge on any atom is 0.155 e. The highest BCUT2D eigenvalue weighted by Crippen LogP contribution is 2.20. The maximum absolute atomic E-state index is 11.2. The lowest BCUT2D eigenvalue weighted by atomic mass is 9.92. The van der Waals surface area contributed by atoms with Crippen molar-refractivity contribution in [1.29, 1.82) is 0 Å². The highest BCUT2D eigenvalue weighted by Gasteiger charge is 2.16. The van der Waals surface area contributed by atoms with E-state index in [1.807, 2.05) is 33.8 Å². The van der Waals surface area contributed by atoms with Gasteiger partial charge in [-0.15, -0.1) is 0 Å². The molecule has 2 nitrogen and oxygen atoms in total. The van der Waals surface area contributed by atoms with Crippen molar-refractivity contribution in [2.75, 3.05) is 0 Å². The summed E-state index contributed by atoms with van der Waals surface area (Å²) in [5.41, 5.74) is 0.521. The van der Waals surface area contributed by atoms with Crippen LogP contribution in [0.25, 0.3) is 0 Å². The van der Waals surface area contributed by atoms with Gasteiger partial charge in [0, 0.05) is 6.42 Å². The Balaban J connectivity index is 3.96. The van der Waals surface area contributed by atoms with Crippen molar-refractivity contribution >= 4 is 5.78 Å². The van der Waals surface area contributed by atoms with E-state index in [9.17, 15) is 9.90 Å². The third kappa shape index (κ3) is 9.96. The molecule has 0 aliphatic heterocycles. The quantitative estimate of drug-likeness (QED) is 0.460. The summed E-state index contributed by atoms with van der Waals surface area (Å²) in [6, 6.07) is 0. The molecule has 0 aromatic carbocycles. The normalized spacial score (nSPS) is 17.2. The van der Waals surface area contributed by atoms with Gasteiger partial charge in [0.2, 0.25) is 0 Å². The van der Waals surface area contributed by atoms with Crippen LogP contribution in [0, 0.1) is 5.92 Å². The van der Waals surface area contributed by atoms with E-state index < -0.39 is 5.60 Å². The van der Waals surface area contributed by atoms with E-state index in [1.165, 1.54) is 0 Å². The molecule has 0 saturated heterocycles. The first-order valence-corrected chi connectivity index (χ1v) is 7.90. The molecule has 0 fully saturated rings. The second-order valence-corrected chi connectivity index (χ2v) is 6.19. The Bertz CT molecular complexity index is 337. The van der Waals surface area contributed by atoms with E-state index in [0.29, 0.717) is 12.3 Å². The van der Waals surface area contributed by atoms with Crippen LogP contribution in [0.1, 0.15) is 73.1 Å². The Labute approximate surface area is 125 Å². The fourth-order valence-corrected chi connectivity index (χ4v) is 2.02. The fourth-order valence-electron chi connectivity index (χ4n) is 2.02. The molecule has 0 spiro atoms. The molecule has 0 rings (SSSR count). The van der Waals surface area contributed by atoms with E-state index in [4.69, 9.17) is 0 Å². The van der Waals surface area contributed by atoms with Crippen LogP contribution < -0.4 is 0 Å². The van der Waals surface area contributed by atoms with Gasteiger partial charge in [-0.25, -0.2) is 0 Å². The van der Waals surface area contributed by atoms with Crippen molar-refractivity contribution < 1.29 is 9.90 Å². The minimum atomic E-state index is -0.505. The molecule has 0 bridgehead atoms. The fraction of sp³-hybridized carbons (Fsp3) is 0.722. The minimum absolute atomic E-state index is 0.182. The first-order chi connectivity index (χ1) is 9.30. The third-order valence-electron chi connectivity index (χ3n) is 3.83. The van der Waals surface area contributed by atoms with Crippen LogP contribution in [-0.4, -0.2) is 16.5 Å². The average molecular weight is 280 g/mol. The molecule has 0 aromatic heterocycles. The number of aliphatic hydroxyl groups is 1. The van der Waals surface area contributed by atoms with Crippen LogP contribution in [0.4, 0.5) is 0 Å². The largest absolute Gasteiger partial charge is 0.390 e. The molecule has 0 aromatic rings. The molecule has 0 aliphatic carbocycles. The van der Waals surface area contributed by atoms with Gasteiger partial charge in [0.25, 0.3) is 0 Å². The van der Waals surface area contributed by atoms with Gasteiger partial charge in [-0.05, 0) is 50.7 Å². The lowest BCUT2D eigenvalue weighted by Crippen LogP contribution is -2.22. The smallest absolute Gasteiger partial charge is 0.155 e. The summed E-state index contributed by atoms with van der Waals surface area (Å²) in [4.78, 5) is 11.2. The zero-order valence-corrected chi connectivity index (χ0v) is 13.9. The van der Waals surface area contributed by atoms with Gasteiger partial charge in [-0.2, -0.15) is 0 Å². The monoisotopic (exact) mass is 280 g/mol. The molecule has 20 heavy (non-hydrogen) atoms. The van der Waals surface area contributed by atoms with Crippen molar-refractivity contribution in [3.8, 4) is 0 Å². The molecule has 2 unspecified atom stereocenters. The summed E-state index contributed by atoms with van der Waals surface area (Å²) in [5, 5.41) is 9.94. The summed E-state index contributed by atoms with van der Waals surface area (Å²) in [5.74, 6) is 0.801. The van der Waals surface area contributed by atoms with Crippen molar-refractivity contribution in [3.63, 3.8) is 0 Å². The van der Waals surface area contributed by atoms with E-state index in [-0.39, 0.29) is 5.78 Å². The highest BCUT2D eigenvalue weighted by atomic mass is 16.3. The zero-order chi connectivity index (χ0) is 15.6. The lowest BCUT2D eigenvalue weighted by molar-refractivity contribution is -0.114. The number of rotatable bonds is 10. The predicted octanol–water partition coefficient (Wildman–Crippen LogP) is 4.83. The summed E-state index contributed by atoms with van der Waals surface area (Å²) in [6.07, 6.45) is 11.4. The number of hydrogen-bond donors (Lipinski definition) is 1. The molecule has 1 N–H and O–H groups in total. The van der Waals surface area contributed by atoms with Gasteiger partial charge in [-0.3, -0.25) is 4.79 Å². The second-order valence-electron chi connectivity index (χ2n) is 6.19. The number of carbonyl (C=O) groups excluding carboxylic acids is 1. The van der Waals surface area contributed by atoms with Crippen LogP contribution in [0.3, 0.4) is 0 Å². The molecule has 0 saturated carbocycles. The van der Waals surface area contributed by atoms with Gasteiger partial charge in [0.15, 0.2) is 5.78 Å². The molecule has 0 radical (unpaired) electrons.